The lowest BCUT2D eigenvalue weighted by atomic mass is 10.0. The van der Waals surface area contributed by atoms with Crippen LogP contribution in [-0.2, 0) is 4.79 Å². The van der Waals surface area contributed by atoms with E-state index in [0.717, 1.165) is 31.0 Å². The highest BCUT2D eigenvalue weighted by molar-refractivity contribution is 6.30. The summed E-state index contributed by atoms with van der Waals surface area (Å²) in [5.41, 5.74) is 7.50. The zero-order valence-corrected chi connectivity index (χ0v) is 15.1. The van der Waals surface area contributed by atoms with Crippen LogP contribution in [0.4, 0.5) is 5.95 Å². The summed E-state index contributed by atoms with van der Waals surface area (Å²) in [4.78, 5) is 25.4. The molecule has 1 aromatic heterocycles. The zero-order valence-electron chi connectivity index (χ0n) is 14.3. The van der Waals surface area contributed by atoms with E-state index in [9.17, 15) is 4.79 Å². The van der Waals surface area contributed by atoms with Gasteiger partial charge in [0.25, 0.3) is 0 Å². The van der Waals surface area contributed by atoms with Crippen LogP contribution in [0.2, 0.25) is 5.02 Å². The van der Waals surface area contributed by atoms with Crippen molar-refractivity contribution in [2.75, 3.05) is 31.1 Å². The van der Waals surface area contributed by atoms with Crippen LogP contribution in [0.15, 0.2) is 42.7 Å². The van der Waals surface area contributed by atoms with E-state index >= 15 is 0 Å². The number of hydrogen-bond acceptors (Lipinski definition) is 6. The average Bonchev–Trinajstić information content (AvgIpc) is 3.19. The number of amides is 1. The van der Waals surface area contributed by atoms with Crippen molar-refractivity contribution in [2.24, 2.45) is 0 Å². The summed E-state index contributed by atoms with van der Waals surface area (Å²) in [6, 6.07) is 9.44. The summed E-state index contributed by atoms with van der Waals surface area (Å²) in [7, 11) is 0. The predicted molar refractivity (Wildman–Crippen MR) is 99.7 cm³/mol. The molecule has 2 unspecified atom stereocenters. The van der Waals surface area contributed by atoms with Gasteiger partial charge in [0.15, 0.2) is 0 Å². The molecule has 2 aliphatic rings. The number of piperazine rings is 1. The van der Waals surface area contributed by atoms with Crippen LogP contribution in [0.5, 0.6) is 0 Å². The Hall–Kier alpha value is -2.22. The number of benzene rings is 1. The highest BCUT2D eigenvalue weighted by atomic mass is 35.5. The van der Waals surface area contributed by atoms with Crippen molar-refractivity contribution in [1.82, 2.24) is 25.7 Å². The number of rotatable bonds is 3. The molecule has 1 amide bonds. The van der Waals surface area contributed by atoms with Crippen LogP contribution in [0.25, 0.3) is 0 Å². The molecule has 3 heterocycles. The van der Waals surface area contributed by atoms with E-state index in [4.69, 9.17) is 11.6 Å². The van der Waals surface area contributed by atoms with Gasteiger partial charge in [0.05, 0.1) is 0 Å². The van der Waals surface area contributed by atoms with Crippen LogP contribution < -0.4 is 15.8 Å². The van der Waals surface area contributed by atoms with Crippen molar-refractivity contribution in [1.29, 1.82) is 0 Å². The molecule has 7 nitrogen and oxygen atoms in total. The van der Waals surface area contributed by atoms with Crippen LogP contribution in [-0.4, -0.2) is 53.0 Å². The largest absolute Gasteiger partial charge is 0.338 e. The van der Waals surface area contributed by atoms with Gasteiger partial charge in [0, 0.05) is 49.6 Å². The van der Waals surface area contributed by atoms with Crippen molar-refractivity contribution in [3.8, 4) is 0 Å². The fourth-order valence-electron chi connectivity index (χ4n) is 3.43. The van der Waals surface area contributed by atoms with Gasteiger partial charge in [-0.1, -0.05) is 23.7 Å². The van der Waals surface area contributed by atoms with Gasteiger partial charge in [-0.3, -0.25) is 4.79 Å². The first-order valence-electron chi connectivity index (χ1n) is 8.78. The van der Waals surface area contributed by atoms with Gasteiger partial charge in [-0.2, -0.15) is 0 Å². The third-order valence-electron chi connectivity index (χ3n) is 4.90. The molecule has 2 fully saturated rings. The smallest absolute Gasteiger partial charge is 0.241 e. The molecule has 8 heteroatoms. The van der Waals surface area contributed by atoms with E-state index in [0.29, 0.717) is 18.1 Å². The fraction of sp³-hybridized carbons (Fsp3) is 0.389. The Labute approximate surface area is 157 Å². The molecule has 4 rings (SSSR count). The zero-order chi connectivity index (χ0) is 17.9. The van der Waals surface area contributed by atoms with Gasteiger partial charge < -0.3 is 9.80 Å². The summed E-state index contributed by atoms with van der Waals surface area (Å²) >= 11 is 5.95. The molecule has 0 radical (unpaired) electrons. The topological polar surface area (TPSA) is 73.4 Å². The van der Waals surface area contributed by atoms with Crippen molar-refractivity contribution in [3.05, 3.63) is 53.3 Å². The number of carbonyl (C=O) groups is 1. The van der Waals surface area contributed by atoms with Crippen molar-refractivity contribution < 1.29 is 4.79 Å². The maximum atomic E-state index is 12.8. The lowest BCUT2D eigenvalue weighted by Gasteiger charge is -2.35. The second kappa shape index (κ2) is 7.57. The third kappa shape index (κ3) is 3.65. The van der Waals surface area contributed by atoms with Gasteiger partial charge in [-0.15, -0.1) is 0 Å². The lowest BCUT2D eigenvalue weighted by Crippen LogP contribution is -2.54. The third-order valence-corrected chi connectivity index (χ3v) is 5.15. The highest BCUT2D eigenvalue weighted by Gasteiger charge is 2.34. The Kier molecular flexibility index (Phi) is 5.01. The standard InChI is InChI=1S/C18H21ClN6O/c19-14-4-2-13(3-5-14)15-12-16(23-22-15)17(26)24-8-10-25(11-9-24)18-20-6-1-7-21-18/h1-7,15-16,22-23H,8-12H2. The quantitative estimate of drug-likeness (QED) is 0.848. The second-order valence-corrected chi connectivity index (χ2v) is 6.98. The van der Waals surface area contributed by atoms with E-state index in [1.165, 1.54) is 0 Å². The first kappa shape index (κ1) is 17.2. The van der Waals surface area contributed by atoms with E-state index in [1.54, 1.807) is 18.5 Å². The van der Waals surface area contributed by atoms with Crippen molar-refractivity contribution in [2.45, 2.75) is 18.5 Å². The molecule has 26 heavy (non-hydrogen) atoms. The molecule has 0 saturated carbocycles. The Morgan fingerprint density at radius 3 is 2.42 bits per heavy atom. The number of nitrogens with one attached hydrogen (secondary N) is 2. The van der Waals surface area contributed by atoms with Crippen LogP contribution in [0.1, 0.15) is 18.0 Å². The van der Waals surface area contributed by atoms with Gasteiger partial charge in [-0.25, -0.2) is 20.8 Å². The summed E-state index contributed by atoms with van der Waals surface area (Å²) < 4.78 is 0. The highest BCUT2D eigenvalue weighted by Crippen LogP contribution is 2.24. The molecular weight excluding hydrogens is 352 g/mol. The Bertz CT molecular complexity index is 748. The van der Waals surface area contributed by atoms with Gasteiger partial charge in [-0.05, 0) is 30.2 Å². The molecule has 0 bridgehead atoms. The Morgan fingerprint density at radius 1 is 1.04 bits per heavy atom. The number of halogens is 1. The molecule has 0 aliphatic carbocycles. The van der Waals surface area contributed by atoms with Gasteiger partial charge in [0.2, 0.25) is 11.9 Å². The predicted octanol–water partition coefficient (Wildman–Crippen LogP) is 1.39. The van der Waals surface area contributed by atoms with Crippen molar-refractivity contribution in [3.63, 3.8) is 0 Å². The fourth-order valence-corrected chi connectivity index (χ4v) is 3.56. The summed E-state index contributed by atoms with van der Waals surface area (Å²) in [6.45, 7) is 2.86. The molecule has 2 atom stereocenters. The number of carbonyl (C=O) groups excluding carboxylic acids is 1. The lowest BCUT2D eigenvalue weighted by molar-refractivity contribution is -0.133. The number of hydrogen-bond donors (Lipinski definition) is 2. The molecule has 2 saturated heterocycles. The average molecular weight is 373 g/mol. The summed E-state index contributed by atoms with van der Waals surface area (Å²) in [6.07, 6.45) is 4.21. The number of nitrogens with zero attached hydrogens (tertiary/aromatic N) is 4. The van der Waals surface area contributed by atoms with Gasteiger partial charge >= 0.3 is 0 Å². The van der Waals surface area contributed by atoms with Crippen molar-refractivity contribution >= 4 is 23.5 Å². The maximum absolute atomic E-state index is 12.8. The minimum atomic E-state index is -0.213. The van der Waals surface area contributed by atoms with Crippen LogP contribution in [0, 0.1) is 0 Å². The Balaban J connectivity index is 1.32. The van der Waals surface area contributed by atoms with E-state index in [-0.39, 0.29) is 18.0 Å². The second-order valence-electron chi connectivity index (χ2n) is 6.54. The molecule has 2 aliphatic heterocycles. The van der Waals surface area contributed by atoms with E-state index in [2.05, 4.69) is 25.7 Å². The molecule has 2 N–H and O–H groups in total. The molecule has 136 valence electrons. The molecule has 1 aromatic carbocycles. The SMILES string of the molecule is O=C(C1CC(c2ccc(Cl)cc2)NN1)N1CCN(c2ncccn2)CC1. The number of anilines is 1. The minimum Gasteiger partial charge on any atom is -0.338 e. The summed E-state index contributed by atoms with van der Waals surface area (Å²) in [5.74, 6) is 0.866. The molecular formula is C18H21ClN6O. The van der Waals surface area contributed by atoms with Crippen LogP contribution in [0.3, 0.4) is 0 Å². The normalized spacial score (nSPS) is 23.3. The number of aromatic nitrogens is 2. The Morgan fingerprint density at radius 2 is 1.73 bits per heavy atom. The molecule has 2 aromatic rings. The first-order chi connectivity index (χ1) is 12.7. The monoisotopic (exact) mass is 372 g/mol. The molecule has 0 spiro atoms. The minimum absolute atomic E-state index is 0.111. The maximum Gasteiger partial charge on any atom is 0.241 e. The first-order valence-corrected chi connectivity index (χ1v) is 9.16. The van der Waals surface area contributed by atoms with Gasteiger partial charge in [0.1, 0.15) is 6.04 Å². The van der Waals surface area contributed by atoms with E-state index in [1.807, 2.05) is 29.2 Å². The van der Waals surface area contributed by atoms with E-state index < -0.39 is 0 Å². The number of hydrazine groups is 1. The van der Waals surface area contributed by atoms with Crippen LogP contribution >= 0.6 is 11.6 Å². The summed E-state index contributed by atoms with van der Waals surface area (Å²) in [5, 5.41) is 0.715.